The van der Waals surface area contributed by atoms with E-state index in [1.807, 2.05) is 12.1 Å². The molecule has 1 fully saturated rings. The first-order valence-electron chi connectivity index (χ1n) is 13.1. The Balaban J connectivity index is 1.22. The zero-order chi connectivity index (χ0) is 27.9. The molecule has 11 heteroatoms. The second-order valence-corrected chi connectivity index (χ2v) is 10.1. The van der Waals surface area contributed by atoms with E-state index in [2.05, 4.69) is 16.0 Å². The van der Waals surface area contributed by atoms with E-state index in [0.717, 1.165) is 24.0 Å². The van der Waals surface area contributed by atoms with Crippen molar-refractivity contribution in [2.24, 2.45) is 5.92 Å². The average Bonchev–Trinajstić information content (AvgIpc) is 2.90. The molecule has 0 spiro atoms. The number of para-hydroxylation sites is 1. The van der Waals surface area contributed by atoms with E-state index in [9.17, 15) is 23.6 Å². The number of nitrogens with zero attached hydrogens (tertiary/aromatic N) is 1. The Bertz CT molecular complexity index is 1230. The number of benzene rings is 2. The minimum atomic E-state index is -1.07. The third-order valence-corrected chi connectivity index (χ3v) is 7.14. The molecule has 1 saturated carbocycles. The largest absolute Gasteiger partial charge is 0.480 e. The lowest BCUT2D eigenvalue weighted by molar-refractivity contribution is -0.141. The van der Waals surface area contributed by atoms with E-state index in [1.54, 1.807) is 23.1 Å². The summed E-state index contributed by atoms with van der Waals surface area (Å²) in [5.41, 5.74) is 2.63. The number of carboxylic acids is 1. The number of rotatable bonds is 7. The van der Waals surface area contributed by atoms with Gasteiger partial charge in [-0.05, 0) is 80.3 Å². The van der Waals surface area contributed by atoms with Crippen LogP contribution in [0.1, 0.15) is 50.2 Å². The Labute approximate surface area is 225 Å². The molecule has 1 atom stereocenters. The first kappa shape index (κ1) is 27.9. The number of carbonyl (C=O) groups excluding carboxylic acids is 3. The number of ether oxygens (including phenoxy) is 1. The van der Waals surface area contributed by atoms with E-state index in [0.29, 0.717) is 38.0 Å². The third-order valence-electron chi connectivity index (χ3n) is 7.14. The summed E-state index contributed by atoms with van der Waals surface area (Å²) in [5.74, 6) is -1.73. The van der Waals surface area contributed by atoms with Crippen molar-refractivity contribution in [3.8, 4) is 0 Å². The molecule has 1 heterocycles. The van der Waals surface area contributed by atoms with Crippen LogP contribution in [0.3, 0.4) is 0 Å². The number of nitrogens with one attached hydrogen (secondary N) is 3. The first-order valence-corrected chi connectivity index (χ1v) is 13.1. The smallest absolute Gasteiger partial charge is 0.410 e. The second-order valence-electron chi connectivity index (χ2n) is 10.1. The number of amides is 4. The lowest BCUT2D eigenvalue weighted by Crippen LogP contribution is -2.40. The molecule has 0 bridgehead atoms. The fourth-order valence-electron chi connectivity index (χ4n) is 4.93. The summed E-state index contributed by atoms with van der Waals surface area (Å²) in [7, 11) is 0. The zero-order valence-electron chi connectivity index (χ0n) is 21.7. The maximum absolute atomic E-state index is 13.8. The Kier molecular flexibility index (Phi) is 9.00. The average molecular weight is 541 g/mol. The van der Waals surface area contributed by atoms with Gasteiger partial charge in [-0.1, -0.05) is 18.2 Å². The number of fused-ring (bicyclic) bond motifs is 1. The summed E-state index contributed by atoms with van der Waals surface area (Å²) in [5, 5.41) is 16.6. The molecule has 208 valence electrons. The molecular weight excluding hydrogens is 507 g/mol. The highest BCUT2D eigenvalue weighted by atomic mass is 19.1. The highest BCUT2D eigenvalue weighted by Crippen LogP contribution is 2.30. The van der Waals surface area contributed by atoms with E-state index < -0.39 is 23.9 Å². The molecule has 2 aliphatic rings. The summed E-state index contributed by atoms with van der Waals surface area (Å²) in [6.45, 7) is 2.31. The number of halogens is 1. The molecule has 1 aliphatic carbocycles. The van der Waals surface area contributed by atoms with Crippen molar-refractivity contribution in [2.75, 3.05) is 17.2 Å². The van der Waals surface area contributed by atoms with Crippen LogP contribution >= 0.6 is 0 Å². The molecule has 1 unspecified atom stereocenters. The van der Waals surface area contributed by atoms with Crippen molar-refractivity contribution in [1.82, 2.24) is 10.2 Å². The highest BCUT2D eigenvalue weighted by Gasteiger charge is 2.29. The predicted molar refractivity (Wildman–Crippen MR) is 142 cm³/mol. The maximum atomic E-state index is 13.8. The molecule has 1 aliphatic heterocycles. The van der Waals surface area contributed by atoms with Gasteiger partial charge in [0.2, 0.25) is 5.91 Å². The van der Waals surface area contributed by atoms with Gasteiger partial charge in [0.1, 0.15) is 18.0 Å². The van der Waals surface area contributed by atoms with Gasteiger partial charge in [0.05, 0.1) is 5.69 Å². The zero-order valence-corrected chi connectivity index (χ0v) is 21.7. The van der Waals surface area contributed by atoms with Gasteiger partial charge in [0.25, 0.3) is 0 Å². The predicted octanol–water partition coefficient (Wildman–Crippen LogP) is 4.50. The quantitative estimate of drug-likeness (QED) is 0.408. The lowest BCUT2D eigenvalue weighted by atomic mass is 9.85. The van der Waals surface area contributed by atoms with Crippen molar-refractivity contribution in [2.45, 2.75) is 64.1 Å². The van der Waals surface area contributed by atoms with Crippen LogP contribution in [0.25, 0.3) is 0 Å². The Morgan fingerprint density at radius 3 is 2.51 bits per heavy atom. The van der Waals surface area contributed by atoms with Crippen molar-refractivity contribution in [3.05, 3.63) is 59.4 Å². The van der Waals surface area contributed by atoms with Crippen LogP contribution in [0.2, 0.25) is 0 Å². The van der Waals surface area contributed by atoms with E-state index >= 15 is 0 Å². The van der Waals surface area contributed by atoms with Gasteiger partial charge in [-0.3, -0.25) is 9.59 Å². The van der Waals surface area contributed by atoms with E-state index in [1.165, 1.54) is 19.1 Å². The Morgan fingerprint density at radius 1 is 1.05 bits per heavy atom. The minimum absolute atomic E-state index is 0.0893. The molecular formula is C28H33FN4O6. The van der Waals surface area contributed by atoms with Gasteiger partial charge in [-0.15, -0.1) is 0 Å². The number of aliphatic carboxylic acids is 1. The van der Waals surface area contributed by atoms with Crippen LogP contribution in [-0.4, -0.2) is 52.7 Å². The summed E-state index contributed by atoms with van der Waals surface area (Å²) in [4.78, 5) is 49.7. The molecule has 4 amide bonds. The van der Waals surface area contributed by atoms with Crippen LogP contribution in [-0.2, 0) is 27.3 Å². The molecule has 0 aromatic heterocycles. The van der Waals surface area contributed by atoms with Crippen LogP contribution < -0.4 is 16.0 Å². The van der Waals surface area contributed by atoms with Gasteiger partial charge in [0, 0.05) is 25.2 Å². The van der Waals surface area contributed by atoms with Crippen LogP contribution in [0, 0.1) is 11.7 Å². The summed E-state index contributed by atoms with van der Waals surface area (Å²) in [6.07, 6.45) is 3.07. The molecule has 39 heavy (non-hydrogen) atoms. The second kappa shape index (κ2) is 12.6. The highest BCUT2D eigenvalue weighted by molar-refractivity contribution is 5.99. The maximum Gasteiger partial charge on any atom is 0.410 e. The van der Waals surface area contributed by atoms with Gasteiger partial charge in [-0.25, -0.2) is 14.0 Å². The first-order chi connectivity index (χ1) is 18.7. The third kappa shape index (κ3) is 7.68. The molecule has 4 rings (SSSR count). The molecule has 4 N–H and O–H groups in total. The molecule has 0 radical (unpaired) electrons. The molecule has 10 nitrogen and oxygen atoms in total. The monoisotopic (exact) mass is 540 g/mol. The lowest BCUT2D eigenvalue weighted by Gasteiger charge is -2.32. The molecule has 0 saturated heterocycles. The standard InChI is InChI=1S/C28H33FN4O6/c1-17(26(35)36)30-25(34)14-18-6-10-22(11-7-18)39-28(38)33-13-12-19-15-21(9-8-20(19)16-33)31-27(37)32-24-5-3-2-4-23(24)29/h2-5,8-9,15,17-18,22H,6-7,10-14,16H2,1H3,(H,30,34)(H,35,36)(H2,31,32,37). The fourth-order valence-corrected chi connectivity index (χ4v) is 4.93. The SMILES string of the molecule is CC(NC(=O)CC1CCC(OC(=O)N2CCc3cc(NC(=O)Nc4ccccc4F)ccc3C2)CC1)C(=O)O. The van der Waals surface area contributed by atoms with Crippen LogP contribution in [0.4, 0.5) is 25.4 Å². The van der Waals surface area contributed by atoms with E-state index in [-0.39, 0.29) is 36.1 Å². The van der Waals surface area contributed by atoms with Gasteiger partial charge in [0.15, 0.2) is 0 Å². The van der Waals surface area contributed by atoms with Crippen molar-refractivity contribution in [1.29, 1.82) is 0 Å². The number of anilines is 2. The normalized spacial score (nSPS) is 19.3. The molecule has 2 aromatic carbocycles. The Morgan fingerprint density at radius 2 is 1.79 bits per heavy atom. The van der Waals surface area contributed by atoms with Crippen LogP contribution in [0.15, 0.2) is 42.5 Å². The Hall–Kier alpha value is -4.15. The number of hydrogen-bond acceptors (Lipinski definition) is 5. The van der Waals surface area contributed by atoms with Gasteiger partial charge in [-0.2, -0.15) is 0 Å². The van der Waals surface area contributed by atoms with E-state index in [4.69, 9.17) is 9.84 Å². The number of carboxylic acid groups (broad SMARTS) is 1. The van der Waals surface area contributed by atoms with Crippen LogP contribution in [0.5, 0.6) is 0 Å². The summed E-state index contributed by atoms with van der Waals surface area (Å²) in [6, 6.07) is 9.90. The van der Waals surface area contributed by atoms with Gasteiger partial charge < -0.3 is 30.7 Å². The molecule has 2 aromatic rings. The van der Waals surface area contributed by atoms with Crippen molar-refractivity contribution >= 4 is 35.4 Å². The topological polar surface area (TPSA) is 137 Å². The van der Waals surface area contributed by atoms with Crippen molar-refractivity contribution < 1.29 is 33.4 Å². The minimum Gasteiger partial charge on any atom is -0.480 e. The van der Waals surface area contributed by atoms with Gasteiger partial charge >= 0.3 is 18.1 Å². The fraction of sp³-hybridized carbons (Fsp3) is 0.429. The summed E-state index contributed by atoms with van der Waals surface area (Å²) >= 11 is 0. The number of carbonyl (C=O) groups is 4. The summed E-state index contributed by atoms with van der Waals surface area (Å²) < 4.78 is 19.5. The number of hydrogen-bond donors (Lipinski definition) is 4. The number of urea groups is 1. The van der Waals surface area contributed by atoms with Crippen molar-refractivity contribution in [3.63, 3.8) is 0 Å².